The van der Waals surface area contributed by atoms with Crippen LogP contribution >= 0.6 is 11.6 Å². The molecule has 0 bridgehead atoms. The van der Waals surface area contributed by atoms with Gasteiger partial charge in [0, 0.05) is 6.04 Å². The molecule has 1 saturated carbocycles. The Bertz CT molecular complexity index is 510. The molecule has 0 saturated heterocycles. The quantitative estimate of drug-likeness (QED) is 0.833. The number of benzene rings is 1. The molecule has 1 aromatic carbocycles. The number of nitrogens with one attached hydrogen (secondary N) is 2. The van der Waals surface area contributed by atoms with Crippen LogP contribution < -0.4 is 10.6 Å². The summed E-state index contributed by atoms with van der Waals surface area (Å²) in [4.78, 5) is 24.3. The van der Waals surface area contributed by atoms with E-state index in [-0.39, 0.29) is 17.9 Å². The van der Waals surface area contributed by atoms with Gasteiger partial charge in [0.2, 0.25) is 11.8 Å². The van der Waals surface area contributed by atoms with Crippen LogP contribution in [0.2, 0.25) is 5.02 Å². The molecule has 0 heterocycles. The summed E-state index contributed by atoms with van der Waals surface area (Å²) < 4.78 is 0. The SMILES string of the molecule is CC(C)NC(=O)C1(C(=O)Nc2ccccc2Cl)CC1. The second-order valence-corrected chi connectivity index (χ2v) is 5.55. The van der Waals surface area contributed by atoms with Crippen LogP contribution in [0.4, 0.5) is 5.69 Å². The van der Waals surface area contributed by atoms with Gasteiger partial charge in [-0.05, 0) is 38.8 Å². The lowest BCUT2D eigenvalue weighted by molar-refractivity contribution is -0.134. The summed E-state index contributed by atoms with van der Waals surface area (Å²) in [5.74, 6) is -0.481. The highest BCUT2D eigenvalue weighted by Crippen LogP contribution is 2.47. The zero-order valence-corrected chi connectivity index (χ0v) is 11.8. The highest BCUT2D eigenvalue weighted by Gasteiger charge is 2.56. The van der Waals surface area contributed by atoms with E-state index in [1.165, 1.54) is 0 Å². The fraction of sp³-hybridized carbons (Fsp3) is 0.429. The van der Waals surface area contributed by atoms with Crippen LogP contribution in [0.25, 0.3) is 0 Å². The minimum atomic E-state index is -0.913. The molecular formula is C14H17ClN2O2. The van der Waals surface area contributed by atoms with Crippen LogP contribution in [0.1, 0.15) is 26.7 Å². The van der Waals surface area contributed by atoms with Crippen LogP contribution in [0.5, 0.6) is 0 Å². The summed E-state index contributed by atoms with van der Waals surface area (Å²) in [7, 11) is 0. The molecule has 1 aliphatic rings. The molecule has 0 spiro atoms. The first-order chi connectivity index (χ1) is 8.95. The summed E-state index contributed by atoms with van der Waals surface area (Å²) in [6, 6.07) is 7.02. The minimum Gasteiger partial charge on any atom is -0.353 e. The van der Waals surface area contributed by atoms with Crippen LogP contribution in [0.3, 0.4) is 0 Å². The third-order valence-electron chi connectivity index (χ3n) is 3.16. The van der Waals surface area contributed by atoms with Gasteiger partial charge in [0.15, 0.2) is 0 Å². The Kier molecular flexibility index (Phi) is 3.80. The predicted octanol–water partition coefficient (Wildman–Crippen LogP) is 2.58. The Labute approximate surface area is 117 Å². The van der Waals surface area contributed by atoms with E-state index in [0.29, 0.717) is 23.6 Å². The van der Waals surface area contributed by atoms with E-state index in [4.69, 9.17) is 11.6 Å². The Hall–Kier alpha value is -1.55. The van der Waals surface area contributed by atoms with Gasteiger partial charge in [-0.3, -0.25) is 9.59 Å². The largest absolute Gasteiger partial charge is 0.353 e. The Balaban J connectivity index is 2.08. The van der Waals surface area contributed by atoms with Gasteiger partial charge in [0.25, 0.3) is 0 Å². The topological polar surface area (TPSA) is 58.2 Å². The summed E-state index contributed by atoms with van der Waals surface area (Å²) >= 11 is 5.99. The summed E-state index contributed by atoms with van der Waals surface area (Å²) in [6.07, 6.45) is 1.17. The maximum atomic E-state index is 12.2. The number of carbonyl (C=O) groups is 2. The van der Waals surface area contributed by atoms with E-state index < -0.39 is 5.41 Å². The average molecular weight is 281 g/mol. The molecule has 0 radical (unpaired) electrons. The first-order valence-electron chi connectivity index (χ1n) is 6.33. The molecule has 4 nitrogen and oxygen atoms in total. The van der Waals surface area contributed by atoms with Crippen molar-refractivity contribution in [1.29, 1.82) is 0 Å². The van der Waals surface area contributed by atoms with E-state index >= 15 is 0 Å². The molecule has 1 fully saturated rings. The molecule has 1 aliphatic carbocycles. The first kappa shape index (κ1) is 13.9. The monoisotopic (exact) mass is 280 g/mol. The van der Waals surface area contributed by atoms with Crippen molar-refractivity contribution in [1.82, 2.24) is 5.32 Å². The fourth-order valence-electron chi connectivity index (χ4n) is 1.89. The predicted molar refractivity (Wildman–Crippen MR) is 75.0 cm³/mol. The molecule has 5 heteroatoms. The molecule has 102 valence electrons. The number of carbonyl (C=O) groups excluding carboxylic acids is 2. The van der Waals surface area contributed by atoms with Crippen molar-refractivity contribution in [3.63, 3.8) is 0 Å². The number of anilines is 1. The molecule has 0 atom stereocenters. The lowest BCUT2D eigenvalue weighted by Gasteiger charge is -2.17. The molecule has 0 unspecified atom stereocenters. The van der Waals surface area contributed by atoms with E-state index in [9.17, 15) is 9.59 Å². The lowest BCUT2D eigenvalue weighted by atomic mass is 10.0. The molecule has 2 amide bonds. The molecule has 2 N–H and O–H groups in total. The number of para-hydroxylation sites is 1. The molecule has 0 aliphatic heterocycles. The fourth-order valence-corrected chi connectivity index (χ4v) is 2.07. The average Bonchev–Trinajstić information content (AvgIpc) is 3.12. The number of halogens is 1. The highest BCUT2D eigenvalue weighted by atomic mass is 35.5. The second kappa shape index (κ2) is 5.21. The smallest absolute Gasteiger partial charge is 0.240 e. The molecular weight excluding hydrogens is 264 g/mol. The van der Waals surface area contributed by atoms with Crippen molar-refractivity contribution >= 4 is 29.1 Å². The second-order valence-electron chi connectivity index (χ2n) is 5.14. The van der Waals surface area contributed by atoms with Crippen LogP contribution in [0.15, 0.2) is 24.3 Å². The summed E-state index contributed by atoms with van der Waals surface area (Å²) in [6.45, 7) is 3.75. The van der Waals surface area contributed by atoms with Crippen LogP contribution in [-0.4, -0.2) is 17.9 Å². The van der Waals surface area contributed by atoms with Gasteiger partial charge in [-0.25, -0.2) is 0 Å². The van der Waals surface area contributed by atoms with Crippen molar-refractivity contribution in [2.45, 2.75) is 32.7 Å². The third kappa shape index (κ3) is 2.89. The van der Waals surface area contributed by atoms with Crippen molar-refractivity contribution in [2.75, 3.05) is 5.32 Å². The first-order valence-corrected chi connectivity index (χ1v) is 6.70. The summed E-state index contributed by atoms with van der Waals surface area (Å²) in [5.41, 5.74) is -0.374. The maximum Gasteiger partial charge on any atom is 0.240 e. The Morgan fingerprint density at radius 1 is 1.21 bits per heavy atom. The van der Waals surface area contributed by atoms with Crippen molar-refractivity contribution in [3.8, 4) is 0 Å². The lowest BCUT2D eigenvalue weighted by Crippen LogP contribution is -2.42. The standard InChI is InChI=1S/C14H17ClN2O2/c1-9(2)16-12(18)14(7-8-14)13(19)17-11-6-4-3-5-10(11)15/h3-6,9H,7-8H2,1-2H3,(H,16,18)(H,17,19). The van der Waals surface area contributed by atoms with Gasteiger partial charge in [-0.2, -0.15) is 0 Å². The number of rotatable bonds is 4. The normalized spacial score (nSPS) is 16.0. The Morgan fingerprint density at radius 3 is 2.37 bits per heavy atom. The van der Waals surface area contributed by atoms with Crippen molar-refractivity contribution in [3.05, 3.63) is 29.3 Å². The zero-order chi connectivity index (χ0) is 14.0. The number of amides is 2. The zero-order valence-electron chi connectivity index (χ0n) is 11.0. The maximum absolute atomic E-state index is 12.2. The van der Waals surface area contributed by atoms with E-state index in [2.05, 4.69) is 10.6 Å². The van der Waals surface area contributed by atoms with Gasteiger partial charge in [-0.15, -0.1) is 0 Å². The summed E-state index contributed by atoms with van der Waals surface area (Å²) in [5, 5.41) is 6.00. The number of hydrogen-bond acceptors (Lipinski definition) is 2. The molecule has 2 rings (SSSR count). The minimum absolute atomic E-state index is 0.0260. The van der Waals surface area contributed by atoms with Gasteiger partial charge >= 0.3 is 0 Å². The van der Waals surface area contributed by atoms with Gasteiger partial charge in [0.1, 0.15) is 5.41 Å². The molecule has 0 aromatic heterocycles. The van der Waals surface area contributed by atoms with Crippen molar-refractivity contribution in [2.24, 2.45) is 5.41 Å². The van der Waals surface area contributed by atoms with Crippen molar-refractivity contribution < 1.29 is 9.59 Å². The highest BCUT2D eigenvalue weighted by molar-refractivity contribution is 6.34. The van der Waals surface area contributed by atoms with Crippen LogP contribution in [-0.2, 0) is 9.59 Å². The number of hydrogen-bond donors (Lipinski definition) is 2. The third-order valence-corrected chi connectivity index (χ3v) is 3.49. The van der Waals surface area contributed by atoms with E-state index in [1.807, 2.05) is 13.8 Å². The molecule has 19 heavy (non-hydrogen) atoms. The van der Waals surface area contributed by atoms with Gasteiger partial charge in [-0.1, -0.05) is 23.7 Å². The Morgan fingerprint density at radius 2 is 1.84 bits per heavy atom. The molecule has 1 aromatic rings. The van der Waals surface area contributed by atoms with Gasteiger partial charge in [0.05, 0.1) is 10.7 Å². The van der Waals surface area contributed by atoms with E-state index in [1.54, 1.807) is 24.3 Å². The van der Waals surface area contributed by atoms with Crippen LogP contribution in [0, 0.1) is 5.41 Å². The van der Waals surface area contributed by atoms with E-state index in [0.717, 1.165) is 0 Å². The van der Waals surface area contributed by atoms with Gasteiger partial charge < -0.3 is 10.6 Å².